The van der Waals surface area contributed by atoms with Crippen molar-refractivity contribution < 1.29 is 8.42 Å². The van der Waals surface area contributed by atoms with Crippen LogP contribution in [-0.4, -0.2) is 15.0 Å². The molecule has 4 heteroatoms. The van der Waals surface area contributed by atoms with Gasteiger partial charge in [-0.2, -0.15) is 0 Å². The van der Waals surface area contributed by atoms with Crippen molar-refractivity contribution in [2.24, 2.45) is 0 Å². The van der Waals surface area contributed by atoms with Gasteiger partial charge in [-0.05, 0) is 45.7 Å². The van der Waals surface area contributed by atoms with E-state index in [1.807, 2.05) is 13.0 Å². The summed E-state index contributed by atoms with van der Waals surface area (Å²) in [7, 11) is -3.40. The molecule has 0 unspecified atom stereocenters. The van der Waals surface area contributed by atoms with Gasteiger partial charge in [-0.25, -0.2) is 13.1 Å². The zero-order chi connectivity index (χ0) is 15.0. The number of benzene rings is 1. The highest BCUT2D eigenvalue weighted by Gasteiger charge is 2.11. The Hall–Kier alpha value is -1.39. The van der Waals surface area contributed by atoms with Crippen molar-refractivity contribution in [2.45, 2.75) is 38.5 Å². The largest absolute Gasteiger partial charge is 0.240 e. The molecule has 0 aromatic heterocycles. The van der Waals surface area contributed by atoms with E-state index in [0.29, 0.717) is 11.4 Å². The molecule has 1 aromatic carbocycles. The van der Waals surface area contributed by atoms with Gasteiger partial charge in [0.2, 0.25) is 10.0 Å². The van der Waals surface area contributed by atoms with E-state index in [1.165, 1.54) is 11.1 Å². The van der Waals surface area contributed by atoms with E-state index >= 15 is 0 Å². The van der Waals surface area contributed by atoms with Crippen LogP contribution >= 0.6 is 0 Å². The Kier molecular flexibility index (Phi) is 6.68. The lowest BCUT2D eigenvalue weighted by atomic mass is 10.1. The first-order valence-corrected chi connectivity index (χ1v) is 8.24. The maximum Gasteiger partial charge on any atom is 0.240 e. The second kappa shape index (κ2) is 8.02. The number of hydrogen-bond acceptors (Lipinski definition) is 2. The van der Waals surface area contributed by atoms with E-state index in [4.69, 9.17) is 0 Å². The summed E-state index contributed by atoms with van der Waals surface area (Å²) < 4.78 is 26.5. The smallest absolute Gasteiger partial charge is 0.207 e. The monoisotopic (exact) mass is 293 g/mol. The third-order valence-corrected chi connectivity index (χ3v) is 4.31. The van der Waals surface area contributed by atoms with Gasteiger partial charge in [-0.15, -0.1) is 0 Å². The Morgan fingerprint density at radius 3 is 2.35 bits per heavy atom. The standard InChI is InChI=1S/C16H23NO2S/c1-14(2)8-7-9-15(3)12-13-17-20(18,19)16-10-5-4-6-11-16/h4-6,8,10-12,17H,7,9,13H2,1-3H3/b15-12+. The normalized spacial score (nSPS) is 12.2. The SMILES string of the molecule is CC(C)=CCC/C(C)=C/CNS(=O)(=O)c1ccccc1. The highest BCUT2D eigenvalue weighted by Crippen LogP contribution is 2.08. The van der Waals surface area contributed by atoms with Crippen LogP contribution in [-0.2, 0) is 10.0 Å². The third-order valence-electron chi connectivity index (χ3n) is 2.87. The van der Waals surface area contributed by atoms with Gasteiger partial charge in [0.1, 0.15) is 0 Å². The van der Waals surface area contributed by atoms with Crippen LogP contribution < -0.4 is 4.72 Å². The lowest BCUT2D eigenvalue weighted by molar-refractivity contribution is 0.585. The summed E-state index contributed by atoms with van der Waals surface area (Å²) >= 11 is 0. The van der Waals surface area contributed by atoms with Crippen LogP contribution in [0.2, 0.25) is 0 Å². The lowest BCUT2D eigenvalue weighted by Crippen LogP contribution is -2.23. The molecule has 20 heavy (non-hydrogen) atoms. The molecule has 0 heterocycles. The minimum absolute atomic E-state index is 0.301. The molecule has 0 spiro atoms. The van der Waals surface area contributed by atoms with E-state index in [0.717, 1.165) is 12.8 Å². The Morgan fingerprint density at radius 2 is 1.75 bits per heavy atom. The summed E-state index contributed by atoms with van der Waals surface area (Å²) in [5.41, 5.74) is 2.50. The van der Waals surface area contributed by atoms with Crippen molar-refractivity contribution >= 4 is 10.0 Å². The predicted octanol–water partition coefficient (Wildman–Crippen LogP) is 3.66. The zero-order valence-electron chi connectivity index (χ0n) is 12.4. The summed E-state index contributed by atoms with van der Waals surface area (Å²) in [5, 5.41) is 0. The second-order valence-electron chi connectivity index (χ2n) is 5.04. The Morgan fingerprint density at radius 1 is 1.10 bits per heavy atom. The summed E-state index contributed by atoms with van der Waals surface area (Å²) in [5.74, 6) is 0. The first kappa shape index (κ1) is 16.7. The molecule has 0 saturated carbocycles. The van der Waals surface area contributed by atoms with Crippen LogP contribution in [0.5, 0.6) is 0 Å². The van der Waals surface area contributed by atoms with Crippen LogP contribution in [0.15, 0.2) is 58.5 Å². The number of nitrogens with one attached hydrogen (secondary N) is 1. The molecule has 0 aliphatic rings. The number of sulfonamides is 1. The van der Waals surface area contributed by atoms with Gasteiger partial charge in [-0.3, -0.25) is 0 Å². The minimum Gasteiger partial charge on any atom is -0.207 e. The lowest BCUT2D eigenvalue weighted by Gasteiger charge is -2.05. The maximum absolute atomic E-state index is 12.0. The molecule has 0 aliphatic carbocycles. The molecule has 3 nitrogen and oxygen atoms in total. The minimum atomic E-state index is -3.40. The fourth-order valence-electron chi connectivity index (χ4n) is 1.70. The summed E-state index contributed by atoms with van der Waals surface area (Å²) in [6.45, 7) is 6.51. The molecule has 0 radical (unpaired) electrons. The van der Waals surface area contributed by atoms with Gasteiger partial charge in [0.05, 0.1) is 4.90 Å². The molecule has 0 atom stereocenters. The summed E-state index contributed by atoms with van der Waals surface area (Å²) in [4.78, 5) is 0.301. The van der Waals surface area contributed by atoms with Gasteiger partial charge in [-0.1, -0.05) is 41.5 Å². The quantitative estimate of drug-likeness (QED) is 0.780. The van der Waals surface area contributed by atoms with Crippen LogP contribution in [0.1, 0.15) is 33.6 Å². The van der Waals surface area contributed by atoms with E-state index in [-0.39, 0.29) is 0 Å². The summed E-state index contributed by atoms with van der Waals surface area (Å²) in [6.07, 6.45) is 6.07. The number of rotatable bonds is 7. The molecular weight excluding hydrogens is 270 g/mol. The van der Waals surface area contributed by atoms with Crippen molar-refractivity contribution in [2.75, 3.05) is 6.54 Å². The van der Waals surface area contributed by atoms with Gasteiger partial charge < -0.3 is 0 Å². The Balaban J connectivity index is 2.49. The van der Waals surface area contributed by atoms with Crippen LogP contribution in [0.3, 0.4) is 0 Å². The Labute approximate surface area is 122 Å². The predicted molar refractivity (Wildman–Crippen MR) is 84.1 cm³/mol. The van der Waals surface area contributed by atoms with E-state index in [9.17, 15) is 8.42 Å². The number of allylic oxidation sites excluding steroid dienone is 3. The maximum atomic E-state index is 12.0. The first-order valence-electron chi connectivity index (χ1n) is 6.75. The van der Waals surface area contributed by atoms with E-state index in [1.54, 1.807) is 30.3 Å². The van der Waals surface area contributed by atoms with E-state index in [2.05, 4.69) is 24.6 Å². The molecule has 0 saturated heterocycles. The van der Waals surface area contributed by atoms with Crippen molar-refractivity contribution in [1.29, 1.82) is 0 Å². The van der Waals surface area contributed by atoms with Crippen molar-refractivity contribution in [3.05, 3.63) is 53.6 Å². The van der Waals surface area contributed by atoms with Crippen LogP contribution in [0.25, 0.3) is 0 Å². The summed E-state index contributed by atoms with van der Waals surface area (Å²) in [6, 6.07) is 8.41. The van der Waals surface area contributed by atoms with Crippen molar-refractivity contribution in [3.63, 3.8) is 0 Å². The van der Waals surface area contributed by atoms with Crippen LogP contribution in [0, 0.1) is 0 Å². The van der Waals surface area contributed by atoms with Crippen molar-refractivity contribution in [3.8, 4) is 0 Å². The van der Waals surface area contributed by atoms with Crippen molar-refractivity contribution in [1.82, 2.24) is 4.72 Å². The average Bonchev–Trinajstić information content (AvgIpc) is 2.39. The molecule has 110 valence electrons. The molecule has 0 aliphatic heterocycles. The average molecular weight is 293 g/mol. The molecule has 1 rings (SSSR count). The van der Waals surface area contributed by atoms with Gasteiger partial charge in [0, 0.05) is 6.54 Å². The highest BCUT2D eigenvalue weighted by atomic mass is 32.2. The van der Waals surface area contributed by atoms with Gasteiger partial charge in [0.15, 0.2) is 0 Å². The zero-order valence-corrected chi connectivity index (χ0v) is 13.2. The van der Waals surface area contributed by atoms with Gasteiger partial charge >= 0.3 is 0 Å². The Bertz CT molecular complexity index is 568. The van der Waals surface area contributed by atoms with E-state index < -0.39 is 10.0 Å². The second-order valence-corrected chi connectivity index (χ2v) is 6.80. The topological polar surface area (TPSA) is 46.2 Å². The molecule has 0 bridgehead atoms. The fourth-order valence-corrected chi connectivity index (χ4v) is 2.68. The number of hydrogen-bond donors (Lipinski definition) is 1. The van der Waals surface area contributed by atoms with Gasteiger partial charge in [0.25, 0.3) is 0 Å². The van der Waals surface area contributed by atoms with Crippen LogP contribution in [0.4, 0.5) is 0 Å². The third kappa shape index (κ3) is 6.17. The fraction of sp³-hybridized carbons (Fsp3) is 0.375. The molecule has 0 amide bonds. The molecule has 0 fully saturated rings. The molecule has 1 aromatic rings. The molecular formula is C16H23NO2S. The first-order chi connectivity index (χ1) is 9.42. The highest BCUT2D eigenvalue weighted by molar-refractivity contribution is 7.89. The molecule has 1 N–H and O–H groups in total.